The molecule has 1 aliphatic heterocycles. The molecule has 1 fully saturated rings. The number of nitrogens with zero attached hydrogens (tertiary/aromatic N) is 1. The van der Waals surface area contributed by atoms with Crippen LogP contribution in [0.1, 0.15) is 42.1 Å². The number of likely N-dealkylation sites (tertiary alicyclic amines) is 1. The Labute approximate surface area is 188 Å². The van der Waals surface area contributed by atoms with Gasteiger partial charge in [-0.3, -0.25) is 9.59 Å². The van der Waals surface area contributed by atoms with E-state index < -0.39 is 17.6 Å². The molecule has 1 aliphatic rings. The summed E-state index contributed by atoms with van der Waals surface area (Å²) in [4.78, 5) is 27.7. The van der Waals surface area contributed by atoms with Gasteiger partial charge in [0, 0.05) is 37.2 Å². The summed E-state index contributed by atoms with van der Waals surface area (Å²) in [6, 6.07) is 11.4. The minimum Gasteiger partial charge on any atom is -0.497 e. The number of nitrogens with one attached hydrogen (secondary N) is 1. The van der Waals surface area contributed by atoms with E-state index in [0.717, 1.165) is 12.0 Å². The zero-order chi connectivity index (χ0) is 23.3. The molecule has 32 heavy (non-hydrogen) atoms. The monoisotopic (exact) mass is 442 g/mol. The first kappa shape index (κ1) is 23.6. The van der Waals surface area contributed by atoms with E-state index in [2.05, 4.69) is 19.2 Å². The molecule has 0 bridgehead atoms. The second-order valence-corrected chi connectivity index (χ2v) is 8.48. The largest absolute Gasteiger partial charge is 0.497 e. The lowest BCUT2D eigenvalue weighted by molar-refractivity contribution is -0.124. The highest BCUT2D eigenvalue weighted by atomic mass is 19.1. The van der Waals surface area contributed by atoms with Crippen LogP contribution in [0.3, 0.4) is 0 Å². The molecule has 0 spiro atoms. The summed E-state index contributed by atoms with van der Waals surface area (Å²) < 4.78 is 25.1. The van der Waals surface area contributed by atoms with Gasteiger partial charge in [0.15, 0.2) is 0 Å². The summed E-state index contributed by atoms with van der Waals surface area (Å²) in [5, 5.41) is 3.01. The zero-order valence-electron chi connectivity index (χ0n) is 19.1. The van der Waals surface area contributed by atoms with Crippen molar-refractivity contribution in [3.63, 3.8) is 0 Å². The minimum absolute atomic E-state index is 0.00816. The molecule has 2 atom stereocenters. The Morgan fingerprint density at radius 3 is 2.53 bits per heavy atom. The van der Waals surface area contributed by atoms with E-state index in [4.69, 9.17) is 9.47 Å². The maximum atomic E-state index is 14.3. The topological polar surface area (TPSA) is 67.9 Å². The first-order valence-electron chi connectivity index (χ1n) is 10.9. The van der Waals surface area contributed by atoms with Crippen molar-refractivity contribution in [3.05, 3.63) is 59.4 Å². The molecule has 2 aromatic rings. The van der Waals surface area contributed by atoms with Gasteiger partial charge in [-0.25, -0.2) is 4.39 Å². The molecule has 0 radical (unpaired) electrons. The van der Waals surface area contributed by atoms with Gasteiger partial charge in [0.25, 0.3) is 5.91 Å². The number of carbonyl (C=O) groups excluding carboxylic acids is 2. The molecule has 1 N–H and O–H groups in total. The molecule has 0 saturated carbocycles. The summed E-state index contributed by atoms with van der Waals surface area (Å²) in [7, 11) is 3.14. The standard InChI is InChI=1S/C25H31FN2O4/c1-16(2)11-12-27-24(29)21-15-28(25(30)19-7-5-6-8-22(19)26)14-20(21)18-10-9-17(31-3)13-23(18)32-4/h5-10,13,16,20-21H,11-12,14-15H2,1-4H3,(H,27,29)/t20-,21-/m0/s1. The van der Waals surface area contributed by atoms with E-state index in [1.807, 2.05) is 12.1 Å². The Balaban J connectivity index is 1.90. The van der Waals surface area contributed by atoms with Crippen molar-refractivity contribution in [1.29, 1.82) is 0 Å². The number of ether oxygens (including phenoxy) is 2. The van der Waals surface area contributed by atoms with Crippen molar-refractivity contribution >= 4 is 11.8 Å². The summed E-state index contributed by atoms with van der Waals surface area (Å²) >= 11 is 0. The van der Waals surface area contributed by atoms with E-state index in [-0.39, 0.29) is 30.5 Å². The van der Waals surface area contributed by atoms with Crippen molar-refractivity contribution < 1.29 is 23.5 Å². The third kappa shape index (κ3) is 5.21. The van der Waals surface area contributed by atoms with Crippen LogP contribution < -0.4 is 14.8 Å². The summed E-state index contributed by atoms with van der Waals surface area (Å²) in [6.45, 7) is 5.27. The zero-order valence-corrected chi connectivity index (χ0v) is 19.1. The molecule has 2 amide bonds. The van der Waals surface area contributed by atoms with E-state index in [1.54, 1.807) is 37.3 Å². The molecular weight excluding hydrogens is 411 g/mol. The van der Waals surface area contributed by atoms with Gasteiger partial charge in [-0.2, -0.15) is 0 Å². The quantitative estimate of drug-likeness (QED) is 0.674. The number of amides is 2. The van der Waals surface area contributed by atoms with Crippen molar-refractivity contribution in [1.82, 2.24) is 10.2 Å². The van der Waals surface area contributed by atoms with Gasteiger partial charge in [-0.05, 0) is 30.5 Å². The Hall–Kier alpha value is -3.09. The van der Waals surface area contributed by atoms with Crippen LogP contribution in [0.15, 0.2) is 42.5 Å². The van der Waals surface area contributed by atoms with E-state index >= 15 is 0 Å². The van der Waals surface area contributed by atoms with Crippen LogP contribution >= 0.6 is 0 Å². The number of hydrogen-bond acceptors (Lipinski definition) is 4. The molecule has 0 aliphatic carbocycles. The van der Waals surface area contributed by atoms with Crippen LogP contribution in [0.2, 0.25) is 0 Å². The molecule has 0 aromatic heterocycles. The van der Waals surface area contributed by atoms with Gasteiger partial charge in [0.05, 0.1) is 25.7 Å². The summed E-state index contributed by atoms with van der Waals surface area (Å²) in [5.41, 5.74) is 0.829. The van der Waals surface area contributed by atoms with Gasteiger partial charge in [-0.15, -0.1) is 0 Å². The Kier molecular flexibility index (Phi) is 7.72. The summed E-state index contributed by atoms with van der Waals surface area (Å²) in [6.07, 6.45) is 0.868. The predicted molar refractivity (Wildman–Crippen MR) is 121 cm³/mol. The van der Waals surface area contributed by atoms with E-state index in [9.17, 15) is 14.0 Å². The maximum Gasteiger partial charge on any atom is 0.256 e. The average molecular weight is 443 g/mol. The molecule has 2 aromatic carbocycles. The molecular formula is C25H31FN2O4. The predicted octanol–water partition coefficient (Wildman–Crippen LogP) is 3.86. The van der Waals surface area contributed by atoms with Gasteiger partial charge in [0.2, 0.25) is 5.91 Å². The number of benzene rings is 2. The summed E-state index contributed by atoms with van der Waals surface area (Å²) in [5.74, 6) is -0.159. The molecule has 1 heterocycles. The number of hydrogen-bond donors (Lipinski definition) is 1. The first-order valence-corrected chi connectivity index (χ1v) is 10.9. The van der Waals surface area contributed by atoms with Gasteiger partial charge < -0.3 is 19.7 Å². The number of halogens is 1. The molecule has 7 heteroatoms. The highest BCUT2D eigenvalue weighted by Crippen LogP contribution is 2.39. The van der Waals surface area contributed by atoms with Crippen LogP contribution in [-0.4, -0.2) is 50.6 Å². The lowest BCUT2D eigenvalue weighted by Gasteiger charge is -2.21. The van der Waals surface area contributed by atoms with Crippen molar-refractivity contribution in [3.8, 4) is 11.5 Å². The fourth-order valence-electron chi connectivity index (χ4n) is 4.10. The lowest BCUT2D eigenvalue weighted by atomic mass is 9.87. The van der Waals surface area contributed by atoms with E-state index in [0.29, 0.717) is 24.0 Å². The SMILES string of the molecule is COc1ccc([C@@H]2CN(C(=O)c3ccccc3F)C[C@@H]2C(=O)NCCC(C)C)c(OC)c1. The van der Waals surface area contributed by atoms with Crippen LogP contribution in [0.5, 0.6) is 11.5 Å². The average Bonchev–Trinajstić information content (AvgIpc) is 3.23. The molecule has 172 valence electrons. The number of rotatable bonds is 8. The lowest BCUT2D eigenvalue weighted by Crippen LogP contribution is -2.36. The molecule has 6 nitrogen and oxygen atoms in total. The number of carbonyl (C=O) groups is 2. The van der Waals surface area contributed by atoms with Crippen molar-refractivity contribution in [2.75, 3.05) is 33.9 Å². The van der Waals surface area contributed by atoms with Gasteiger partial charge >= 0.3 is 0 Å². The maximum absolute atomic E-state index is 14.3. The van der Waals surface area contributed by atoms with Crippen LogP contribution in [0.4, 0.5) is 4.39 Å². The first-order chi connectivity index (χ1) is 15.3. The molecule has 1 saturated heterocycles. The molecule has 3 rings (SSSR count). The fraction of sp³-hybridized carbons (Fsp3) is 0.440. The second kappa shape index (κ2) is 10.5. The smallest absolute Gasteiger partial charge is 0.256 e. The van der Waals surface area contributed by atoms with Crippen molar-refractivity contribution in [2.45, 2.75) is 26.2 Å². The van der Waals surface area contributed by atoms with Gasteiger partial charge in [0.1, 0.15) is 17.3 Å². The Morgan fingerprint density at radius 1 is 1.12 bits per heavy atom. The normalized spacial score (nSPS) is 18.0. The van der Waals surface area contributed by atoms with Crippen LogP contribution in [0.25, 0.3) is 0 Å². The van der Waals surface area contributed by atoms with Crippen LogP contribution in [-0.2, 0) is 4.79 Å². The third-order valence-electron chi connectivity index (χ3n) is 5.91. The Morgan fingerprint density at radius 2 is 1.88 bits per heavy atom. The van der Waals surface area contributed by atoms with Crippen molar-refractivity contribution in [2.24, 2.45) is 11.8 Å². The molecule has 0 unspecified atom stereocenters. The van der Waals surface area contributed by atoms with Crippen LogP contribution in [0, 0.1) is 17.7 Å². The Bertz CT molecular complexity index is 963. The highest BCUT2D eigenvalue weighted by Gasteiger charge is 2.42. The number of methoxy groups -OCH3 is 2. The highest BCUT2D eigenvalue weighted by molar-refractivity contribution is 5.95. The third-order valence-corrected chi connectivity index (χ3v) is 5.91. The van der Waals surface area contributed by atoms with Gasteiger partial charge in [-0.1, -0.05) is 32.0 Å². The minimum atomic E-state index is -0.569. The second-order valence-electron chi connectivity index (χ2n) is 8.48. The van der Waals surface area contributed by atoms with E-state index in [1.165, 1.54) is 12.1 Å². The fourth-order valence-corrected chi connectivity index (χ4v) is 4.10.